The van der Waals surface area contributed by atoms with Crippen molar-refractivity contribution in [1.29, 1.82) is 0 Å². The van der Waals surface area contributed by atoms with Crippen LogP contribution < -0.4 is 29.6 Å². The van der Waals surface area contributed by atoms with Crippen LogP contribution >= 0.6 is 0 Å². The molecule has 1 aliphatic carbocycles. The Morgan fingerprint density at radius 3 is 2.48 bits per heavy atom. The Hall–Kier alpha value is -3.09. The highest BCUT2D eigenvalue weighted by Gasteiger charge is 2.46. The number of methoxy groups -OCH3 is 2. The standard InChI is InChI=1S/C22H26N2O5/c1-26-17-5-3-15(13-19(17)27-2)7-10-23-21(25)24-22(8-9-22)16-4-6-18-20(14-16)29-12-11-28-18/h3-6,13-14H,7-12H2,1-2H3,(H2,23,24,25). The average Bonchev–Trinajstić information content (AvgIpc) is 3.53. The van der Waals surface area contributed by atoms with Gasteiger partial charge in [0.2, 0.25) is 0 Å². The third kappa shape index (κ3) is 4.18. The molecule has 29 heavy (non-hydrogen) atoms. The Morgan fingerprint density at radius 1 is 1.00 bits per heavy atom. The van der Waals surface area contributed by atoms with Gasteiger partial charge in [-0.2, -0.15) is 0 Å². The van der Waals surface area contributed by atoms with Gasteiger partial charge in [0.15, 0.2) is 23.0 Å². The fourth-order valence-electron chi connectivity index (χ4n) is 3.57. The largest absolute Gasteiger partial charge is 0.493 e. The molecule has 0 unspecified atom stereocenters. The zero-order valence-corrected chi connectivity index (χ0v) is 16.7. The van der Waals surface area contributed by atoms with Crippen LogP contribution in [0.15, 0.2) is 36.4 Å². The molecule has 154 valence electrons. The van der Waals surface area contributed by atoms with Crippen LogP contribution in [0.25, 0.3) is 0 Å². The summed E-state index contributed by atoms with van der Waals surface area (Å²) in [6, 6.07) is 11.5. The highest BCUT2D eigenvalue weighted by molar-refractivity contribution is 5.75. The Morgan fingerprint density at radius 2 is 1.76 bits per heavy atom. The Balaban J connectivity index is 1.32. The fourth-order valence-corrected chi connectivity index (χ4v) is 3.57. The van der Waals surface area contributed by atoms with Crippen LogP contribution in [0.5, 0.6) is 23.0 Å². The average molecular weight is 398 g/mol. The van der Waals surface area contributed by atoms with Crippen LogP contribution in [-0.2, 0) is 12.0 Å². The van der Waals surface area contributed by atoms with Gasteiger partial charge in [-0.25, -0.2) is 4.79 Å². The molecule has 2 N–H and O–H groups in total. The first kappa shape index (κ1) is 19.2. The number of carbonyl (C=O) groups excluding carboxylic acids is 1. The van der Waals surface area contributed by atoms with Gasteiger partial charge in [0, 0.05) is 6.54 Å². The van der Waals surface area contributed by atoms with Gasteiger partial charge in [-0.3, -0.25) is 0 Å². The lowest BCUT2D eigenvalue weighted by molar-refractivity contribution is 0.171. The molecule has 1 aliphatic heterocycles. The first-order valence-electron chi connectivity index (χ1n) is 9.80. The van der Waals surface area contributed by atoms with E-state index >= 15 is 0 Å². The van der Waals surface area contributed by atoms with E-state index in [9.17, 15) is 4.79 Å². The second-order valence-electron chi connectivity index (χ2n) is 7.26. The Labute approximate surface area is 170 Å². The smallest absolute Gasteiger partial charge is 0.315 e. The lowest BCUT2D eigenvalue weighted by Gasteiger charge is -2.23. The number of urea groups is 1. The molecule has 0 bridgehead atoms. The summed E-state index contributed by atoms with van der Waals surface area (Å²) in [5.74, 6) is 2.88. The van der Waals surface area contributed by atoms with Crippen LogP contribution in [0, 0.1) is 0 Å². The zero-order chi connectivity index (χ0) is 20.3. The fraction of sp³-hybridized carbons (Fsp3) is 0.409. The van der Waals surface area contributed by atoms with Crippen LogP contribution in [0.2, 0.25) is 0 Å². The summed E-state index contributed by atoms with van der Waals surface area (Å²) in [6.07, 6.45) is 2.52. The molecule has 7 heteroatoms. The van der Waals surface area contributed by atoms with Crippen molar-refractivity contribution in [3.05, 3.63) is 47.5 Å². The zero-order valence-electron chi connectivity index (χ0n) is 16.7. The Bertz CT molecular complexity index is 895. The molecule has 2 aliphatic rings. The molecule has 0 spiro atoms. The molecule has 1 saturated carbocycles. The highest BCUT2D eigenvalue weighted by atomic mass is 16.6. The molecule has 1 heterocycles. The summed E-state index contributed by atoms with van der Waals surface area (Å²) >= 11 is 0. The number of nitrogens with one attached hydrogen (secondary N) is 2. The molecular formula is C22H26N2O5. The van der Waals surface area contributed by atoms with Crippen LogP contribution in [0.3, 0.4) is 0 Å². The summed E-state index contributed by atoms with van der Waals surface area (Å²) < 4.78 is 21.8. The van der Waals surface area contributed by atoms with Gasteiger partial charge in [-0.1, -0.05) is 12.1 Å². The van der Waals surface area contributed by atoms with Gasteiger partial charge in [-0.15, -0.1) is 0 Å². The van der Waals surface area contributed by atoms with Gasteiger partial charge >= 0.3 is 6.03 Å². The third-order valence-electron chi connectivity index (χ3n) is 5.34. The van der Waals surface area contributed by atoms with Gasteiger partial charge < -0.3 is 29.6 Å². The number of ether oxygens (including phenoxy) is 4. The van der Waals surface area contributed by atoms with Gasteiger partial charge in [0.05, 0.1) is 19.8 Å². The molecule has 0 radical (unpaired) electrons. The van der Waals surface area contributed by atoms with Crippen LogP contribution in [-0.4, -0.2) is 40.0 Å². The molecule has 4 rings (SSSR count). The van der Waals surface area contributed by atoms with Crippen molar-refractivity contribution >= 4 is 6.03 Å². The van der Waals surface area contributed by atoms with Crippen LogP contribution in [0.4, 0.5) is 4.79 Å². The number of benzene rings is 2. The number of carbonyl (C=O) groups is 1. The summed E-state index contributed by atoms with van der Waals surface area (Å²) in [6.45, 7) is 1.64. The minimum absolute atomic E-state index is 0.169. The van der Waals surface area contributed by atoms with E-state index in [1.807, 2.05) is 36.4 Å². The first-order valence-corrected chi connectivity index (χ1v) is 9.80. The van der Waals surface area contributed by atoms with Crippen LogP contribution in [0.1, 0.15) is 24.0 Å². The number of hydrogen-bond acceptors (Lipinski definition) is 5. The quantitative estimate of drug-likeness (QED) is 0.750. The van der Waals surface area contributed by atoms with Crippen molar-refractivity contribution in [2.75, 3.05) is 34.0 Å². The molecule has 2 aromatic carbocycles. The Kier molecular flexibility index (Phi) is 5.38. The monoisotopic (exact) mass is 398 g/mol. The minimum Gasteiger partial charge on any atom is -0.493 e. The van der Waals surface area contributed by atoms with Crippen molar-refractivity contribution in [3.8, 4) is 23.0 Å². The second kappa shape index (κ2) is 8.11. The van der Waals surface area contributed by atoms with E-state index in [-0.39, 0.29) is 11.6 Å². The maximum absolute atomic E-state index is 12.5. The summed E-state index contributed by atoms with van der Waals surface area (Å²) in [7, 11) is 3.22. The van der Waals surface area contributed by atoms with E-state index < -0.39 is 0 Å². The predicted molar refractivity (Wildman–Crippen MR) is 108 cm³/mol. The molecule has 2 aromatic rings. The second-order valence-corrected chi connectivity index (χ2v) is 7.26. The number of hydrogen-bond donors (Lipinski definition) is 2. The normalized spacial score (nSPS) is 15.9. The molecule has 0 aromatic heterocycles. The topological polar surface area (TPSA) is 78.1 Å². The number of rotatable bonds is 7. The predicted octanol–water partition coefficient (Wildman–Crippen LogP) is 3.01. The third-order valence-corrected chi connectivity index (χ3v) is 5.34. The number of fused-ring (bicyclic) bond motifs is 1. The maximum Gasteiger partial charge on any atom is 0.315 e. The van der Waals surface area contributed by atoms with Crippen molar-refractivity contribution in [3.63, 3.8) is 0 Å². The van der Waals surface area contributed by atoms with Gasteiger partial charge in [0.1, 0.15) is 13.2 Å². The lowest BCUT2D eigenvalue weighted by Crippen LogP contribution is -2.42. The first-order chi connectivity index (χ1) is 14.1. The van der Waals surface area contributed by atoms with Crippen molar-refractivity contribution in [2.45, 2.75) is 24.8 Å². The van der Waals surface area contributed by atoms with E-state index in [0.29, 0.717) is 37.7 Å². The molecular weight excluding hydrogens is 372 g/mol. The van der Waals surface area contributed by atoms with E-state index in [1.54, 1.807) is 14.2 Å². The van der Waals surface area contributed by atoms with E-state index in [4.69, 9.17) is 18.9 Å². The van der Waals surface area contributed by atoms with E-state index in [1.165, 1.54) is 0 Å². The SMILES string of the molecule is COc1ccc(CCNC(=O)NC2(c3ccc4c(c3)OCCO4)CC2)cc1OC. The van der Waals surface area contributed by atoms with E-state index in [2.05, 4.69) is 10.6 Å². The van der Waals surface area contributed by atoms with Crippen molar-refractivity contribution in [2.24, 2.45) is 0 Å². The van der Waals surface area contributed by atoms with Gasteiger partial charge in [0.25, 0.3) is 0 Å². The minimum atomic E-state index is -0.316. The molecule has 0 atom stereocenters. The molecule has 7 nitrogen and oxygen atoms in total. The molecule has 0 saturated heterocycles. The summed E-state index contributed by atoms with van der Waals surface area (Å²) in [5.41, 5.74) is 1.80. The lowest BCUT2D eigenvalue weighted by atomic mass is 10.0. The van der Waals surface area contributed by atoms with E-state index in [0.717, 1.165) is 35.5 Å². The highest BCUT2D eigenvalue weighted by Crippen LogP contribution is 2.47. The van der Waals surface area contributed by atoms with Crippen molar-refractivity contribution < 1.29 is 23.7 Å². The summed E-state index contributed by atoms with van der Waals surface area (Å²) in [4.78, 5) is 12.5. The van der Waals surface area contributed by atoms with Crippen molar-refractivity contribution in [1.82, 2.24) is 10.6 Å². The maximum atomic E-state index is 12.5. The number of amides is 2. The summed E-state index contributed by atoms with van der Waals surface area (Å²) in [5, 5.41) is 6.07. The molecule has 1 fully saturated rings. The molecule has 2 amide bonds. The van der Waals surface area contributed by atoms with Gasteiger partial charge in [-0.05, 0) is 54.7 Å².